The number of anilines is 1. The minimum atomic E-state index is -0.719. The summed E-state index contributed by atoms with van der Waals surface area (Å²) >= 11 is 3.39. The van der Waals surface area contributed by atoms with E-state index in [4.69, 9.17) is 9.72 Å². The molecule has 0 unspecified atom stereocenters. The number of amides is 2. The highest BCUT2D eigenvalue weighted by molar-refractivity contribution is 8.03. The number of thioether (sulfide) groups is 1. The van der Waals surface area contributed by atoms with Crippen LogP contribution in [-0.4, -0.2) is 33.9 Å². The first-order valence-corrected chi connectivity index (χ1v) is 16.6. The van der Waals surface area contributed by atoms with E-state index in [-0.39, 0.29) is 54.3 Å². The Kier molecular flexibility index (Phi) is 10.2. The molecule has 0 fully saturated rings. The van der Waals surface area contributed by atoms with Gasteiger partial charge >= 0.3 is 5.97 Å². The van der Waals surface area contributed by atoms with Crippen LogP contribution in [0.1, 0.15) is 24.9 Å². The number of para-hydroxylation sites is 1. The van der Waals surface area contributed by atoms with Crippen molar-refractivity contribution in [3.05, 3.63) is 139 Å². The second kappa shape index (κ2) is 14.6. The van der Waals surface area contributed by atoms with Crippen LogP contribution in [-0.2, 0) is 4.79 Å². The molecule has 0 saturated carbocycles. The number of hydrogen-bond donors (Lipinski definition) is 0. The third-order valence-electron chi connectivity index (χ3n) is 6.62. The summed E-state index contributed by atoms with van der Waals surface area (Å²) in [6.07, 6.45) is 4.69. The summed E-state index contributed by atoms with van der Waals surface area (Å²) in [5.41, 5.74) is 0.449. The second-order valence-corrected chi connectivity index (χ2v) is 12.2. The number of thiophene rings is 2. The van der Waals surface area contributed by atoms with Gasteiger partial charge in [0.05, 0.1) is 25.3 Å². The minimum Gasteiger partial charge on any atom is -0.422 e. The van der Waals surface area contributed by atoms with Gasteiger partial charge in [-0.25, -0.2) is 14.7 Å². The van der Waals surface area contributed by atoms with Crippen molar-refractivity contribution in [2.75, 3.05) is 11.2 Å². The Morgan fingerprint density at radius 2 is 1.66 bits per heavy atom. The number of nitro groups is 1. The first kappa shape index (κ1) is 32.7. The molecule has 0 bridgehead atoms. The van der Waals surface area contributed by atoms with Crippen LogP contribution in [0.4, 0.5) is 11.5 Å². The van der Waals surface area contributed by atoms with Crippen LogP contribution in [0.5, 0.6) is 5.75 Å². The lowest BCUT2D eigenvalue weighted by Crippen LogP contribution is -2.37. The lowest BCUT2D eigenvalue weighted by atomic mass is 9.97. The smallest absolute Gasteiger partial charge is 0.350 e. The topological polar surface area (TPSA) is 144 Å². The highest BCUT2D eigenvalue weighted by Gasteiger charge is 2.33. The molecule has 232 valence electrons. The fourth-order valence-electron chi connectivity index (χ4n) is 4.51. The van der Waals surface area contributed by atoms with Crippen LogP contribution >= 0.6 is 34.4 Å². The number of benzene rings is 2. The number of rotatable bonds is 10. The van der Waals surface area contributed by atoms with Crippen molar-refractivity contribution in [1.29, 1.82) is 5.26 Å². The van der Waals surface area contributed by atoms with Crippen molar-refractivity contribution in [2.45, 2.75) is 0 Å². The molecule has 3 heterocycles. The van der Waals surface area contributed by atoms with E-state index in [9.17, 15) is 29.8 Å². The normalized spacial score (nSPS) is 10.9. The van der Waals surface area contributed by atoms with Crippen LogP contribution in [0.3, 0.4) is 0 Å². The molecule has 3 aromatic heterocycles. The molecule has 0 atom stereocenters. The van der Waals surface area contributed by atoms with E-state index in [1.807, 2.05) is 0 Å². The number of imide groups is 1. The average molecular weight is 679 g/mol. The molecule has 2 amide bonds. The Morgan fingerprint density at radius 1 is 0.979 bits per heavy atom. The molecule has 0 N–H and O–H groups in total. The molecule has 0 spiro atoms. The number of aromatic nitrogens is 1. The molecule has 47 heavy (non-hydrogen) atoms. The Morgan fingerprint density at radius 3 is 2.23 bits per heavy atom. The Bertz CT molecular complexity index is 2040. The Hall–Kier alpha value is -5.68. The van der Waals surface area contributed by atoms with Gasteiger partial charge in [-0.2, -0.15) is 5.26 Å². The van der Waals surface area contributed by atoms with Gasteiger partial charge in [-0.3, -0.25) is 19.7 Å². The minimum absolute atomic E-state index is 0.107. The maximum Gasteiger partial charge on any atom is 0.350 e. The van der Waals surface area contributed by atoms with Gasteiger partial charge in [-0.1, -0.05) is 49.1 Å². The Labute approximate surface area is 281 Å². The predicted molar refractivity (Wildman–Crippen MR) is 184 cm³/mol. The van der Waals surface area contributed by atoms with Gasteiger partial charge in [0.15, 0.2) is 5.82 Å². The lowest BCUT2D eigenvalue weighted by molar-refractivity contribution is -0.384. The van der Waals surface area contributed by atoms with Crippen LogP contribution in [0.2, 0.25) is 0 Å². The molecule has 10 nitrogen and oxygen atoms in total. The van der Waals surface area contributed by atoms with Crippen molar-refractivity contribution in [3.63, 3.8) is 0 Å². The number of allylic oxidation sites excluding steroid dienone is 2. The molecule has 5 aromatic rings. The van der Waals surface area contributed by atoms with Crippen LogP contribution < -0.4 is 9.64 Å². The van der Waals surface area contributed by atoms with Crippen molar-refractivity contribution >= 4 is 63.7 Å². The van der Waals surface area contributed by atoms with Crippen molar-refractivity contribution < 1.29 is 24.0 Å². The molecule has 0 saturated heterocycles. The third kappa shape index (κ3) is 6.95. The standard InChI is InChI=1S/C34H22N4O6S3/c1-3-9-30(45-2)34(41)44-27-13-5-4-12-23(27)26-19-24(21-10-6-11-22(18-21)38(42)43)25(20-35)31(36-26)37(32(39)28-14-7-16-46-28)33(40)29-15-8-17-47-29/h3-19H,1H2,2H3/b30-9-. The molecule has 2 aromatic carbocycles. The largest absolute Gasteiger partial charge is 0.422 e. The number of nitro benzene ring substituents is 1. The first-order valence-electron chi connectivity index (χ1n) is 13.6. The average Bonchev–Trinajstić information content (AvgIpc) is 3.83. The van der Waals surface area contributed by atoms with Crippen molar-refractivity contribution in [3.8, 4) is 34.2 Å². The van der Waals surface area contributed by atoms with Gasteiger partial charge in [0.2, 0.25) is 0 Å². The fraction of sp³-hybridized carbons (Fsp3) is 0.0294. The van der Waals surface area contributed by atoms with Crippen LogP contribution in [0.15, 0.2) is 113 Å². The highest BCUT2D eigenvalue weighted by Crippen LogP contribution is 2.39. The van der Waals surface area contributed by atoms with E-state index >= 15 is 0 Å². The van der Waals surface area contributed by atoms with Gasteiger partial charge in [0.1, 0.15) is 17.4 Å². The quantitative estimate of drug-likeness (QED) is 0.0272. The molecular formula is C34H22N4O6S3. The van der Waals surface area contributed by atoms with E-state index in [1.165, 1.54) is 48.2 Å². The summed E-state index contributed by atoms with van der Waals surface area (Å²) in [4.78, 5) is 58.5. The molecule has 5 rings (SSSR count). The number of esters is 1. The number of carbonyl (C=O) groups is 3. The summed E-state index contributed by atoms with van der Waals surface area (Å²) in [5, 5.41) is 25.6. The molecule has 0 aliphatic rings. The molecule has 13 heteroatoms. The van der Waals surface area contributed by atoms with Crippen molar-refractivity contribution in [2.24, 2.45) is 0 Å². The molecule has 0 aliphatic heterocycles. The zero-order chi connectivity index (χ0) is 33.5. The molecular weight excluding hydrogens is 657 g/mol. The number of hydrogen-bond acceptors (Lipinski definition) is 11. The summed E-state index contributed by atoms with van der Waals surface area (Å²) in [6.45, 7) is 3.63. The summed E-state index contributed by atoms with van der Waals surface area (Å²) < 4.78 is 5.76. The zero-order valence-corrected chi connectivity index (χ0v) is 26.9. The van der Waals surface area contributed by atoms with Crippen LogP contribution in [0, 0.1) is 21.4 Å². The van der Waals surface area contributed by atoms with E-state index in [0.29, 0.717) is 5.56 Å². The van der Waals surface area contributed by atoms with E-state index in [1.54, 1.807) is 71.6 Å². The number of ether oxygens (including phenoxy) is 1. The van der Waals surface area contributed by atoms with Gasteiger partial charge < -0.3 is 4.74 Å². The first-order chi connectivity index (χ1) is 22.8. The zero-order valence-electron chi connectivity index (χ0n) is 24.5. The van der Waals surface area contributed by atoms with E-state index < -0.39 is 22.7 Å². The van der Waals surface area contributed by atoms with E-state index in [0.717, 1.165) is 27.6 Å². The SMILES string of the molecule is C=C/C=C(\SC)C(=O)Oc1ccccc1-c1cc(-c2cccc([N+](=O)[O-])c2)c(C#N)c(N(C(=O)c2cccs2)C(=O)c2cccs2)n1. The van der Waals surface area contributed by atoms with Gasteiger partial charge in [-0.15, -0.1) is 34.4 Å². The predicted octanol–water partition coefficient (Wildman–Crippen LogP) is 8.14. The summed E-state index contributed by atoms with van der Waals surface area (Å²) in [5.74, 6) is -2.27. The lowest BCUT2D eigenvalue weighted by Gasteiger charge is -2.22. The van der Waals surface area contributed by atoms with Gasteiger partial charge in [0, 0.05) is 23.3 Å². The number of carbonyl (C=O) groups excluding carboxylic acids is 3. The summed E-state index contributed by atoms with van der Waals surface area (Å²) in [7, 11) is 0. The summed E-state index contributed by atoms with van der Waals surface area (Å²) in [6, 6.07) is 22.1. The maximum absolute atomic E-state index is 14.0. The maximum atomic E-state index is 14.0. The fourth-order valence-corrected chi connectivity index (χ4v) is 6.25. The van der Waals surface area contributed by atoms with Crippen molar-refractivity contribution in [1.82, 2.24) is 4.98 Å². The second-order valence-electron chi connectivity index (χ2n) is 9.43. The third-order valence-corrected chi connectivity index (χ3v) is 9.08. The monoisotopic (exact) mass is 678 g/mol. The van der Waals surface area contributed by atoms with E-state index in [2.05, 4.69) is 12.6 Å². The van der Waals surface area contributed by atoms with Gasteiger partial charge in [0.25, 0.3) is 17.5 Å². The number of pyridine rings is 1. The van der Waals surface area contributed by atoms with Gasteiger partial charge in [-0.05, 0) is 59.0 Å². The highest BCUT2D eigenvalue weighted by atomic mass is 32.2. The number of nitriles is 1. The molecule has 0 aliphatic carbocycles. The molecule has 0 radical (unpaired) electrons. The number of nitrogens with zero attached hydrogens (tertiary/aromatic N) is 4. The number of non-ortho nitro benzene ring substituents is 1. The Balaban J connectivity index is 1.81. The van der Waals surface area contributed by atoms with Crippen LogP contribution in [0.25, 0.3) is 22.4 Å².